The first kappa shape index (κ1) is 16.9. The van der Waals surface area contributed by atoms with Crippen molar-refractivity contribution in [3.8, 4) is 0 Å². The number of hydrogen-bond donors (Lipinski definition) is 2. The highest BCUT2D eigenvalue weighted by Gasteiger charge is 2.39. The number of likely N-dealkylation sites (N-methyl/N-ethyl adjacent to an activating group) is 1. The summed E-state index contributed by atoms with van der Waals surface area (Å²) in [4.78, 5) is 2.08. The number of aromatic nitrogens is 2. The van der Waals surface area contributed by atoms with E-state index in [1.165, 1.54) is 0 Å². The zero-order chi connectivity index (χ0) is 15.5. The normalized spacial score (nSPS) is 20.5. The average molecular weight is 360 g/mol. The molecule has 2 N–H and O–H groups in total. The molecule has 0 aliphatic heterocycles. The molecule has 1 atom stereocenters. The van der Waals surface area contributed by atoms with E-state index in [0.717, 1.165) is 36.7 Å². The zero-order valence-electron chi connectivity index (χ0n) is 12.9. The molecule has 5 nitrogen and oxygen atoms in total. The van der Waals surface area contributed by atoms with E-state index in [9.17, 15) is 10.2 Å². The molecule has 1 fully saturated rings. The molecule has 1 saturated carbocycles. The SMILES string of the molecule is CN(C)CCn1ncc(Br)c1C(O)C1(O)CCCCCC1. The van der Waals surface area contributed by atoms with Crippen molar-refractivity contribution in [2.24, 2.45) is 0 Å². The maximum Gasteiger partial charge on any atom is 0.125 e. The highest BCUT2D eigenvalue weighted by Crippen LogP contribution is 2.39. The minimum atomic E-state index is -1.03. The van der Waals surface area contributed by atoms with Crippen molar-refractivity contribution in [3.05, 3.63) is 16.4 Å². The van der Waals surface area contributed by atoms with Gasteiger partial charge in [-0.05, 0) is 42.9 Å². The lowest BCUT2D eigenvalue weighted by Gasteiger charge is -2.32. The Hall–Kier alpha value is -0.430. The Kier molecular flexibility index (Phi) is 5.82. The molecule has 0 amide bonds. The third kappa shape index (κ3) is 4.06. The first-order valence-corrected chi connectivity index (χ1v) is 8.50. The van der Waals surface area contributed by atoms with Gasteiger partial charge in [-0.3, -0.25) is 4.68 Å². The quantitative estimate of drug-likeness (QED) is 0.792. The van der Waals surface area contributed by atoms with Crippen LogP contribution >= 0.6 is 15.9 Å². The second-order valence-electron chi connectivity index (χ2n) is 6.32. The summed E-state index contributed by atoms with van der Waals surface area (Å²) >= 11 is 3.47. The molecule has 0 saturated heterocycles. The number of rotatable bonds is 5. The van der Waals surface area contributed by atoms with Gasteiger partial charge in [0.05, 0.1) is 28.5 Å². The fraction of sp³-hybridized carbons (Fsp3) is 0.800. The van der Waals surface area contributed by atoms with Gasteiger partial charge < -0.3 is 15.1 Å². The predicted octanol–water partition coefficient (Wildman–Crippen LogP) is 2.33. The number of nitrogens with zero attached hydrogens (tertiary/aromatic N) is 3. The second kappa shape index (κ2) is 7.22. The molecule has 1 aromatic heterocycles. The van der Waals surface area contributed by atoms with E-state index in [4.69, 9.17) is 0 Å². The molecule has 2 rings (SSSR count). The van der Waals surface area contributed by atoms with E-state index >= 15 is 0 Å². The van der Waals surface area contributed by atoms with Crippen molar-refractivity contribution in [2.45, 2.75) is 56.8 Å². The molecule has 120 valence electrons. The maximum atomic E-state index is 10.9. The smallest absolute Gasteiger partial charge is 0.125 e. The van der Waals surface area contributed by atoms with Crippen LogP contribution in [0.25, 0.3) is 0 Å². The molecule has 1 aromatic rings. The molecule has 21 heavy (non-hydrogen) atoms. The summed E-state index contributed by atoms with van der Waals surface area (Å²) in [6, 6.07) is 0. The molecule has 1 aliphatic rings. The van der Waals surface area contributed by atoms with Crippen molar-refractivity contribution in [1.29, 1.82) is 0 Å². The number of halogens is 1. The highest BCUT2D eigenvalue weighted by atomic mass is 79.9. The molecule has 1 aliphatic carbocycles. The molecule has 6 heteroatoms. The minimum absolute atomic E-state index is 0.652. The van der Waals surface area contributed by atoms with Crippen LogP contribution in [0.1, 0.15) is 50.3 Å². The summed E-state index contributed by atoms with van der Waals surface area (Å²) in [6.45, 7) is 1.54. The third-order valence-electron chi connectivity index (χ3n) is 4.33. The second-order valence-corrected chi connectivity index (χ2v) is 7.18. The Morgan fingerprint density at radius 2 is 1.95 bits per heavy atom. The summed E-state index contributed by atoms with van der Waals surface area (Å²) in [5.74, 6) is 0. The van der Waals surface area contributed by atoms with E-state index in [0.29, 0.717) is 25.1 Å². The predicted molar refractivity (Wildman–Crippen MR) is 86.1 cm³/mol. The van der Waals surface area contributed by atoms with Gasteiger partial charge in [0.2, 0.25) is 0 Å². The van der Waals surface area contributed by atoms with Gasteiger partial charge >= 0.3 is 0 Å². The summed E-state index contributed by atoms with van der Waals surface area (Å²) in [6.07, 6.45) is 6.32. The Labute approximate surface area is 135 Å². The van der Waals surface area contributed by atoms with Crippen molar-refractivity contribution in [1.82, 2.24) is 14.7 Å². The Morgan fingerprint density at radius 3 is 2.52 bits per heavy atom. The van der Waals surface area contributed by atoms with Crippen molar-refractivity contribution in [3.63, 3.8) is 0 Å². The molecule has 0 aromatic carbocycles. The lowest BCUT2D eigenvalue weighted by Crippen LogP contribution is -2.37. The molecule has 0 radical (unpaired) electrons. The van der Waals surface area contributed by atoms with Crippen LogP contribution in [0.4, 0.5) is 0 Å². The Morgan fingerprint density at radius 1 is 1.33 bits per heavy atom. The number of aliphatic hydroxyl groups excluding tert-OH is 1. The van der Waals surface area contributed by atoms with Crippen molar-refractivity contribution >= 4 is 15.9 Å². The van der Waals surface area contributed by atoms with E-state index < -0.39 is 11.7 Å². The maximum absolute atomic E-state index is 10.9. The minimum Gasteiger partial charge on any atom is -0.387 e. The van der Waals surface area contributed by atoms with Crippen LogP contribution in [0, 0.1) is 0 Å². The van der Waals surface area contributed by atoms with Gasteiger partial charge in [0.1, 0.15) is 6.10 Å². The van der Waals surface area contributed by atoms with Crippen molar-refractivity contribution < 1.29 is 10.2 Å². The molecule has 1 heterocycles. The van der Waals surface area contributed by atoms with Gasteiger partial charge in [-0.25, -0.2) is 0 Å². The standard InChI is InChI=1S/C15H26BrN3O2/c1-18(2)9-10-19-13(12(16)11-17-19)14(20)15(21)7-5-3-4-6-8-15/h11,14,20-21H,3-10H2,1-2H3. The summed E-state index contributed by atoms with van der Waals surface area (Å²) in [5, 5.41) is 26.0. The van der Waals surface area contributed by atoms with E-state index in [-0.39, 0.29) is 0 Å². The lowest BCUT2D eigenvalue weighted by molar-refractivity contribution is -0.0905. The average Bonchev–Trinajstić information content (AvgIpc) is 2.64. The van der Waals surface area contributed by atoms with Crippen LogP contribution in [0.2, 0.25) is 0 Å². The molecule has 0 bridgehead atoms. The first-order valence-electron chi connectivity index (χ1n) is 7.70. The van der Waals surface area contributed by atoms with Crippen LogP contribution in [-0.2, 0) is 6.54 Å². The lowest BCUT2D eigenvalue weighted by atomic mass is 9.86. The summed E-state index contributed by atoms with van der Waals surface area (Å²) in [7, 11) is 4.01. The largest absolute Gasteiger partial charge is 0.387 e. The van der Waals surface area contributed by atoms with Crippen LogP contribution < -0.4 is 0 Å². The van der Waals surface area contributed by atoms with E-state index in [2.05, 4.69) is 25.9 Å². The van der Waals surface area contributed by atoms with Crippen LogP contribution in [0.3, 0.4) is 0 Å². The van der Waals surface area contributed by atoms with Gasteiger partial charge in [0.25, 0.3) is 0 Å². The zero-order valence-corrected chi connectivity index (χ0v) is 14.5. The number of hydrogen-bond acceptors (Lipinski definition) is 4. The van der Waals surface area contributed by atoms with E-state index in [1.807, 2.05) is 14.1 Å². The number of aliphatic hydroxyl groups is 2. The first-order chi connectivity index (χ1) is 9.94. The fourth-order valence-electron chi connectivity index (χ4n) is 2.99. The fourth-order valence-corrected chi connectivity index (χ4v) is 3.50. The highest BCUT2D eigenvalue weighted by molar-refractivity contribution is 9.10. The van der Waals surface area contributed by atoms with Crippen LogP contribution in [0.15, 0.2) is 10.7 Å². The molecular formula is C15H26BrN3O2. The molecule has 0 spiro atoms. The molecule has 1 unspecified atom stereocenters. The van der Waals surface area contributed by atoms with Crippen LogP contribution in [0.5, 0.6) is 0 Å². The topological polar surface area (TPSA) is 61.5 Å². The van der Waals surface area contributed by atoms with E-state index in [1.54, 1.807) is 10.9 Å². The van der Waals surface area contributed by atoms with Crippen LogP contribution in [-0.4, -0.2) is 51.1 Å². The Bertz CT molecular complexity index is 454. The summed E-state index contributed by atoms with van der Waals surface area (Å²) < 4.78 is 2.57. The van der Waals surface area contributed by atoms with Gasteiger partial charge in [-0.15, -0.1) is 0 Å². The third-order valence-corrected chi connectivity index (χ3v) is 4.94. The molecular weight excluding hydrogens is 334 g/mol. The van der Waals surface area contributed by atoms with Crippen molar-refractivity contribution in [2.75, 3.05) is 20.6 Å². The van der Waals surface area contributed by atoms with Gasteiger partial charge in [0, 0.05) is 6.54 Å². The van der Waals surface area contributed by atoms with Gasteiger partial charge in [-0.2, -0.15) is 5.10 Å². The summed E-state index contributed by atoms with van der Waals surface area (Å²) in [5.41, 5.74) is -0.337. The van der Waals surface area contributed by atoms with Gasteiger partial charge in [-0.1, -0.05) is 25.7 Å². The monoisotopic (exact) mass is 359 g/mol. The Balaban J connectivity index is 2.20. The van der Waals surface area contributed by atoms with Gasteiger partial charge in [0.15, 0.2) is 0 Å².